The van der Waals surface area contributed by atoms with Gasteiger partial charge in [0.2, 0.25) is 0 Å². The van der Waals surface area contributed by atoms with Crippen LogP contribution in [0.25, 0.3) is 0 Å². The molecule has 0 aliphatic rings. The van der Waals surface area contributed by atoms with Crippen LogP contribution in [0.5, 0.6) is 0 Å². The van der Waals surface area contributed by atoms with Gasteiger partial charge in [0.25, 0.3) is 0 Å². The fourth-order valence-electron chi connectivity index (χ4n) is 2.58. The Morgan fingerprint density at radius 3 is 1.26 bits per heavy atom. The molecule has 0 N–H and O–H groups in total. The van der Waals surface area contributed by atoms with Gasteiger partial charge in [-0.25, -0.2) is 0 Å². The van der Waals surface area contributed by atoms with Gasteiger partial charge in [0.15, 0.2) is 0 Å². The summed E-state index contributed by atoms with van der Waals surface area (Å²) in [6, 6.07) is 17.7. The number of hydrogen-bond acceptors (Lipinski definition) is 3. The van der Waals surface area contributed by atoms with Crippen LogP contribution < -0.4 is 0 Å². The second kappa shape index (κ2) is 12.5. The molecular weight excluding hydrogens is 368 g/mol. The Morgan fingerprint density at radius 1 is 0.593 bits per heavy atom. The fourth-order valence-corrected chi connectivity index (χ4v) is 4.61. The van der Waals surface area contributed by atoms with Crippen molar-refractivity contribution in [1.82, 2.24) is 0 Å². The Hall–Kier alpha value is -0.900. The maximum atomic E-state index is 5.90. The topological polar surface area (TPSA) is 9.23 Å². The first kappa shape index (κ1) is 22.4. The van der Waals surface area contributed by atoms with E-state index in [1.165, 1.54) is 33.8 Å². The van der Waals surface area contributed by atoms with E-state index in [1.807, 2.05) is 23.5 Å². The van der Waals surface area contributed by atoms with Crippen LogP contribution in [0.4, 0.5) is 0 Å². The molecule has 0 fully saturated rings. The van der Waals surface area contributed by atoms with Crippen molar-refractivity contribution >= 4 is 23.5 Å². The third-order valence-corrected chi connectivity index (χ3v) is 6.90. The van der Waals surface area contributed by atoms with Crippen molar-refractivity contribution in [3.05, 3.63) is 70.8 Å². The Labute approximate surface area is 174 Å². The van der Waals surface area contributed by atoms with Crippen LogP contribution in [0, 0.1) is 11.8 Å². The van der Waals surface area contributed by atoms with Crippen molar-refractivity contribution < 1.29 is 4.74 Å². The Bertz CT molecular complexity index is 575. The van der Waals surface area contributed by atoms with Crippen LogP contribution in [0.3, 0.4) is 0 Å². The third kappa shape index (κ3) is 9.73. The first-order valence-corrected chi connectivity index (χ1v) is 12.2. The molecule has 0 aliphatic carbocycles. The molecule has 27 heavy (non-hydrogen) atoms. The summed E-state index contributed by atoms with van der Waals surface area (Å²) in [6.45, 7) is 10.4. The molecule has 2 rings (SSSR count). The summed E-state index contributed by atoms with van der Waals surface area (Å²) in [5.41, 5.74) is 5.29. The SMILES string of the molecule is CC(C)CSCc1ccc(COCc2ccc(CSCC(C)C)cc2)cc1. The predicted octanol–water partition coefficient (Wildman–Crippen LogP) is 7.18. The second-order valence-corrected chi connectivity index (χ2v) is 10.0. The quantitative estimate of drug-likeness (QED) is 0.372. The van der Waals surface area contributed by atoms with Crippen LogP contribution in [0.2, 0.25) is 0 Å². The Morgan fingerprint density at radius 2 is 0.926 bits per heavy atom. The second-order valence-electron chi connectivity index (χ2n) is 7.94. The van der Waals surface area contributed by atoms with E-state index in [4.69, 9.17) is 4.74 Å². The van der Waals surface area contributed by atoms with Crippen molar-refractivity contribution in [3.8, 4) is 0 Å². The molecule has 0 atom stereocenters. The Balaban J connectivity index is 1.68. The van der Waals surface area contributed by atoms with E-state index >= 15 is 0 Å². The average molecular weight is 403 g/mol. The molecule has 3 heteroatoms. The zero-order valence-electron chi connectivity index (χ0n) is 17.2. The molecule has 0 amide bonds. The summed E-state index contributed by atoms with van der Waals surface area (Å²) in [6.07, 6.45) is 0. The van der Waals surface area contributed by atoms with Gasteiger partial charge in [0.1, 0.15) is 0 Å². The molecular formula is C24H34OS2. The number of hydrogen-bond donors (Lipinski definition) is 0. The minimum atomic E-state index is 0.672. The van der Waals surface area contributed by atoms with Crippen LogP contribution in [-0.2, 0) is 29.5 Å². The summed E-state index contributed by atoms with van der Waals surface area (Å²) >= 11 is 4.02. The van der Waals surface area contributed by atoms with E-state index in [0.717, 1.165) is 23.3 Å². The van der Waals surface area contributed by atoms with Gasteiger partial charge in [-0.15, -0.1) is 0 Å². The van der Waals surface area contributed by atoms with Gasteiger partial charge in [-0.2, -0.15) is 23.5 Å². The minimum Gasteiger partial charge on any atom is -0.372 e. The molecule has 0 saturated heterocycles. The molecule has 0 saturated carbocycles. The highest BCUT2D eigenvalue weighted by Gasteiger charge is 2.00. The summed E-state index contributed by atoms with van der Waals surface area (Å²) in [4.78, 5) is 0. The zero-order valence-corrected chi connectivity index (χ0v) is 18.9. The van der Waals surface area contributed by atoms with Gasteiger partial charge >= 0.3 is 0 Å². The smallest absolute Gasteiger partial charge is 0.0721 e. The van der Waals surface area contributed by atoms with Gasteiger partial charge in [-0.3, -0.25) is 0 Å². The number of benzene rings is 2. The summed E-state index contributed by atoms with van der Waals surface area (Å²) in [5.74, 6) is 6.16. The molecule has 0 aromatic heterocycles. The lowest BCUT2D eigenvalue weighted by Crippen LogP contribution is -1.96. The van der Waals surface area contributed by atoms with E-state index in [2.05, 4.69) is 76.2 Å². The molecule has 148 valence electrons. The van der Waals surface area contributed by atoms with E-state index in [0.29, 0.717) is 13.2 Å². The standard InChI is InChI=1S/C24H34OS2/c1-19(2)15-26-17-23-9-5-21(6-10-23)13-25-14-22-7-11-24(12-8-22)18-27-16-20(3)4/h5-12,19-20H,13-18H2,1-4H3. The zero-order chi connectivity index (χ0) is 19.5. The van der Waals surface area contributed by atoms with Crippen molar-refractivity contribution in [2.24, 2.45) is 11.8 Å². The van der Waals surface area contributed by atoms with Gasteiger partial charge in [-0.1, -0.05) is 76.2 Å². The third-order valence-electron chi connectivity index (χ3n) is 4.02. The van der Waals surface area contributed by atoms with Gasteiger partial charge in [0.05, 0.1) is 13.2 Å². The molecule has 1 nitrogen and oxygen atoms in total. The molecule has 0 heterocycles. The van der Waals surface area contributed by atoms with Crippen molar-refractivity contribution in [2.75, 3.05) is 11.5 Å². The molecule has 2 aromatic rings. The van der Waals surface area contributed by atoms with Crippen LogP contribution in [0.15, 0.2) is 48.5 Å². The van der Waals surface area contributed by atoms with Crippen molar-refractivity contribution in [1.29, 1.82) is 0 Å². The van der Waals surface area contributed by atoms with Gasteiger partial charge in [-0.05, 0) is 45.6 Å². The lowest BCUT2D eigenvalue weighted by atomic mass is 10.1. The predicted molar refractivity (Wildman–Crippen MR) is 123 cm³/mol. The monoisotopic (exact) mass is 402 g/mol. The normalized spacial score (nSPS) is 11.5. The summed E-state index contributed by atoms with van der Waals surface area (Å²) in [5, 5.41) is 0. The fraction of sp³-hybridized carbons (Fsp3) is 0.500. The minimum absolute atomic E-state index is 0.672. The largest absolute Gasteiger partial charge is 0.372 e. The van der Waals surface area contributed by atoms with E-state index in [9.17, 15) is 0 Å². The molecule has 0 bridgehead atoms. The average Bonchev–Trinajstić information content (AvgIpc) is 2.64. The van der Waals surface area contributed by atoms with Crippen LogP contribution >= 0.6 is 23.5 Å². The van der Waals surface area contributed by atoms with Crippen molar-refractivity contribution in [3.63, 3.8) is 0 Å². The van der Waals surface area contributed by atoms with Gasteiger partial charge in [0, 0.05) is 11.5 Å². The molecule has 0 radical (unpaired) electrons. The molecule has 0 unspecified atom stereocenters. The van der Waals surface area contributed by atoms with Gasteiger partial charge < -0.3 is 4.74 Å². The molecule has 2 aromatic carbocycles. The van der Waals surface area contributed by atoms with E-state index in [-0.39, 0.29) is 0 Å². The Kier molecular flexibility index (Phi) is 10.4. The molecule has 0 aliphatic heterocycles. The summed E-state index contributed by atoms with van der Waals surface area (Å²) in [7, 11) is 0. The number of ether oxygens (including phenoxy) is 1. The highest BCUT2D eigenvalue weighted by Crippen LogP contribution is 2.18. The van der Waals surface area contributed by atoms with Crippen LogP contribution in [0.1, 0.15) is 49.9 Å². The number of rotatable bonds is 12. The first-order chi connectivity index (χ1) is 13.0. The molecule has 0 spiro atoms. The number of thioether (sulfide) groups is 2. The lowest BCUT2D eigenvalue weighted by Gasteiger charge is -2.08. The lowest BCUT2D eigenvalue weighted by molar-refractivity contribution is 0.107. The summed E-state index contributed by atoms with van der Waals surface area (Å²) < 4.78 is 5.90. The highest BCUT2D eigenvalue weighted by molar-refractivity contribution is 7.98. The first-order valence-electron chi connectivity index (χ1n) is 9.91. The van der Waals surface area contributed by atoms with E-state index in [1.54, 1.807) is 0 Å². The highest BCUT2D eigenvalue weighted by atomic mass is 32.2. The van der Waals surface area contributed by atoms with E-state index < -0.39 is 0 Å². The maximum Gasteiger partial charge on any atom is 0.0721 e. The van der Waals surface area contributed by atoms with Crippen molar-refractivity contribution in [2.45, 2.75) is 52.4 Å². The maximum absolute atomic E-state index is 5.90. The van der Waals surface area contributed by atoms with Crippen LogP contribution in [-0.4, -0.2) is 11.5 Å².